The van der Waals surface area contributed by atoms with Gasteiger partial charge in [-0.15, -0.1) is 0 Å². The molecular weight excluding hydrogens is 278 g/mol. The van der Waals surface area contributed by atoms with E-state index in [4.69, 9.17) is 14.2 Å². The van der Waals surface area contributed by atoms with Crippen molar-refractivity contribution in [1.29, 1.82) is 0 Å². The first-order valence-electron chi connectivity index (χ1n) is 8.34. The van der Waals surface area contributed by atoms with Gasteiger partial charge in [0.05, 0.1) is 18.6 Å². The van der Waals surface area contributed by atoms with Crippen LogP contribution in [-0.4, -0.2) is 37.7 Å². The number of ether oxygens (including phenoxy) is 3. The number of fused-ring (bicyclic) bond motifs is 1. The number of rotatable bonds is 0. The van der Waals surface area contributed by atoms with Crippen molar-refractivity contribution in [1.82, 2.24) is 5.32 Å². The minimum absolute atomic E-state index is 0.0384. The van der Waals surface area contributed by atoms with Crippen LogP contribution < -0.4 is 10.1 Å². The Morgan fingerprint density at radius 2 is 2.09 bits per heavy atom. The van der Waals surface area contributed by atoms with Crippen LogP contribution in [-0.2, 0) is 21.3 Å². The maximum Gasteiger partial charge on any atom is 0.210 e. The zero-order valence-electron chi connectivity index (χ0n) is 12.4. The molecule has 0 aromatic heterocycles. The first-order chi connectivity index (χ1) is 10.8. The van der Waals surface area contributed by atoms with Crippen LogP contribution in [0, 0.1) is 0 Å². The summed E-state index contributed by atoms with van der Waals surface area (Å²) < 4.78 is 18.7. The molecule has 3 heterocycles. The van der Waals surface area contributed by atoms with E-state index in [-0.39, 0.29) is 11.5 Å². The highest BCUT2D eigenvalue weighted by atomic mass is 16.8. The zero-order valence-corrected chi connectivity index (χ0v) is 12.4. The lowest BCUT2D eigenvalue weighted by molar-refractivity contribution is -0.224. The Kier molecular flexibility index (Phi) is 2.07. The molecule has 2 bridgehead atoms. The Morgan fingerprint density at radius 1 is 1.18 bits per heavy atom. The van der Waals surface area contributed by atoms with Crippen LogP contribution in [0.5, 0.6) is 5.75 Å². The quantitative estimate of drug-likeness (QED) is 0.740. The van der Waals surface area contributed by atoms with Crippen LogP contribution >= 0.6 is 0 Å². The predicted molar refractivity (Wildman–Crippen MR) is 80.0 cm³/mol. The number of hydrogen-bond donors (Lipinski definition) is 1. The molecule has 2 fully saturated rings. The second-order valence-electron chi connectivity index (χ2n) is 7.09. The Balaban J connectivity index is 1.67. The van der Waals surface area contributed by atoms with Gasteiger partial charge in [0.25, 0.3) is 0 Å². The van der Waals surface area contributed by atoms with Crippen molar-refractivity contribution in [3.05, 3.63) is 41.0 Å². The fourth-order valence-electron chi connectivity index (χ4n) is 5.56. The van der Waals surface area contributed by atoms with E-state index >= 15 is 0 Å². The maximum atomic E-state index is 6.50. The summed E-state index contributed by atoms with van der Waals surface area (Å²) in [6.45, 7) is 2.37. The molecule has 1 aromatic rings. The Labute approximate surface area is 129 Å². The molecule has 1 N–H and O–H groups in total. The minimum atomic E-state index is -0.584. The third-order valence-corrected chi connectivity index (χ3v) is 6.26. The first kappa shape index (κ1) is 12.1. The predicted octanol–water partition coefficient (Wildman–Crippen LogP) is 1.68. The summed E-state index contributed by atoms with van der Waals surface area (Å²) in [5.74, 6) is 0.466. The lowest BCUT2D eigenvalue weighted by Gasteiger charge is -2.54. The van der Waals surface area contributed by atoms with E-state index in [0.717, 1.165) is 31.6 Å². The third kappa shape index (κ3) is 1.16. The van der Waals surface area contributed by atoms with E-state index in [9.17, 15) is 0 Å². The van der Waals surface area contributed by atoms with Crippen molar-refractivity contribution in [3.8, 4) is 5.75 Å². The summed E-state index contributed by atoms with van der Waals surface area (Å²) in [4.78, 5) is 0. The molecule has 4 heteroatoms. The normalized spacial score (nSPS) is 39.4. The Hall–Kier alpha value is -1.36. The molecule has 4 nitrogen and oxygen atoms in total. The van der Waals surface area contributed by atoms with Crippen molar-refractivity contribution < 1.29 is 14.2 Å². The van der Waals surface area contributed by atoms with Crippen LogP contribution in [0.1, 0.15) is 24.0 Å². The van der Waals surface area contributed by atoms with Crippen molar-refractivity contribution in [2.24, 2.45) is 0 Å². The van der Waals surface area contributed by atoms with Crippen molar-refractivity contribution in [3.63, 3.8) is 0 Å². The van der Waals surface area contributed by atoms with Gasteiger partial charge in [-0.3, -0.25) is 0 Å². The van der Waals surface area contributed by atoms with Crippen molar-refractivity contribution in [2.45, 2.75) is 42.6 Å². The lowest BCUT2D eigenvalue weighted by Crippen LogP contribution is -2.65. The third-order valence-electron chi connectivity index (χ3n) is 6.26. The number of piperidine rings is 1. The Morgan fingerprint density at radius 3 is 3.00 bits per heavy atom. The van der Waals surface area contributed by atoms with Crippen LogP contribution in [0.3, 0.4) is 0 Å². The van der Waals surface area contributed by atoms with E-state index in [1.54, 1.807) is 0 Å². The molecule has 114 valence electrons. The number of nitrogens with one attached hydrogen (secondary N) is 1. The van der Waals surface area contributed by atoms with E-state index in [1.165, 1.54) is 16.7 Å². The van der Waals surface area contributed by atoms with Crippen molar-refractivity contribution in [2.75, 3.05) is 19.8 Å². The smallest absolute Gasteiger partial charge is 0.210 e. The number of benzene rings is 1. The van der Waals surface area contributed by atoms with E-state index in [0.29, 0.717) is 19.3 Å². The minimum Gasteiger partial charge on any atom is -0.483 e. The highest BCUT2D eigenvalue weighted by Gasteiger charge is 2.67. The van der Waals surface area contributed by atoms with Gasteiger partial charge in [-0.2, -0.15) is 0 Å². The summed E-state index contributed by atoms with van der Waals surface area (Å²) in [5, 5.41) is 3.70. The van der Waals surface area contributed by atoms with Crippen molar-refractivity contribution >= 4 is 0 Å². The number of hydrogen-bond acceptors (Lipinski definition) is 4. The molecule has 6 rings (SSSR count). The van der Waals surface area contributed by atoms with Crippen LogP contribution in [0.4, 0.5) is 0 Å². The molecule has 5 aliphatic rings. The van der Waals surface area contributed by atoms with Gasteiger partial charge >= 0.3 is 0 Å². The molecule has 2 aliphatic carbocycles. The van der Waals surface area contributed by atoms with E-state index in [2.05, 4.69) is 29.6 Å². The first-order valence-corrected chi connectivity index (χ1v) is 8.34. The standard InChI is InChI=1S/C18H19NO3/c1-2-11-10-13-12-4-5-18(20-8-9-21-18)16-17(12,6-7-19-13)15(11)14(3-1)22-16/h1-4,13,16,19H,5-10H2/t13?,16-,17?/m1/s1. The summed E-state index contributed by atoms with van der Waals surface area (Å²) in [5.41, 5.74) is 4.33. The average Bonchev–Trinajstić information content (AvgIpc) is 3.11. The monoisotopic (exact) mass is 297 g/mol. The molecule has 0 amide bonds. The maximum absolute atomic E-state index is 6.50. The second kappa shape index (κ2) is 3.75. The molecule has 0 radical (unpaired) electrons. The van der Waals surface area contributed by atoms with Crippen LogP contribution in [0.25, 0.3) is 0 Å². The summed E-state index contributed by atoms with van der Waals surface area (Å²) in [6, 6.07) is 6.95. The Bertz CT molecular complexity index is 706. The van der Waals surface area contributed by atoms with Gasteiger partial charge < -0.3 is 19.5 Å². The van der Waals surface area contributed by atoms with E-state index in [1.807, 2.05) is 0 Å². The van der Waals surface area contributed by atoms with Crippen LogP contribution in [0.2, 0.25) is 0 Å². The molecule has 1 aromatic carbocycles. The molecule has 0 saturated carbocycles. The van der Waals surface area contributed by atoms with E-state index < -0.39 is 5.79 Å². The highest BCUT2D eigenvalue weighted by Crippen LogP contribution is 2.62. The summed E-state index contributed by atoms with van der Waals surface area (Å²) in [6.07, 6.45) is 5.28. The van der Waals surface area contributed by atoms with Gasteiger partial charge in [0.1, 0.15) is 5.75 Å². The van der Waals surface area contributed by atoms with Gasteiger partial charge in [0.15, 0.2) is 6.10 Å². The van der Waals surface area contributed by atoms with Gasteiger partial charge in [0.2, 0.25) is 5.79 Å². The summed E-state index contributed by atoms with van der Waals surface area (Å²) in [7, 11) is 0. The van der Waals surface area contributed by atoms with Gasteiger partial charge in [0, 0.05) is 18.0 Å². The second-order valence-corrected chi connectivity index (χ2v) is 7.09. The molecule has 3 atom stereocenters. The van der Waals surface area contributed by atoms with Gasteiger partial charge in [-0.25, -0.2) is 0 Å². The van der Waals surface area contributed by atoms with Gasteiger partial charge in [-0.05, 0) is 36.6 Å². The molecule has 2 saturated heterocycles. The highest BCUT2D eigenvalue weighted by molar-refractivity contribution is 5.62. The molecule has 22 heavy (non-hydrogen) atoms. The topological polar surface area (TPSA) is 39.7 Å². The van der Waals surface area contributed by atoms with Gasteiger partial charge in [-0.1, -0.05) is 18.2 Å². The molecule has 2 unspecified atom stereocenters. The fourth-order valence-corrected chi connectivity index (χ4v) is 5.56. The summed E-state index contributed by atoms with van der Waals surface area (Å²) >= 11 is 0. The SMILES string of the molecule is C1=C2C3Cc4cccc5c4C2(CCN3)[C@@H](O5)C2(C1)OCCO2. The largest absolute Gasteiger partial charge is 0.483 e. The molecule has 3 aliphatic heterocycles. The molecular formula is C18H19NO3. The average molecular weight is 297 g/mol. The van der Waals surface area contributed by atoms with Crippen LogP contribution in [0.15, 0.2) is 29.8 Å². The lowest BCUT2D eigenvalue weighted by atomic mass is 9.55. The zero-order chi connectivity index (χ0) is 14.4. The fraction of sp³-hybridized carbons (Fsp3) is 0.556. The molecule has 2 spiro atoms.